The molecule has 0 unspecified atom stereocenters. The average Bonchev–Trinajstić information content (AvgIpc) is 3.10. The van der Waals surface area contributed by atoms with Crippen LogP contribution >= 0.6 is 0 Å². The van der Waals surface area contributed by atoms with E-state index in [1.165, 1.54) is 12.1 Å². The zero-order chi connectivity index (χ0) is 12.5. The summed E-state index contributed by atoms with van der Waals surface area (Å²) in [6, 6.07) is 6.34. The summed E-state index contributed by atoms with van der Waals surface area (Å²) in [6.45, 7) is 1.52. The Morgan fingerprint density at radius 1 is 1.29 bits per heavy atom. The highest BCUT2D eigenvalue weighted by atomic mass is 32.2. The molecule has 1 saturated carbocycles. The summed E-state index contributed by atoms with van der Waals surface area (Å²) in [6.07, 6.45) is 1.71. The van der Waals surface area contributed by atoms with Gasteiger partial charge in [-0.3, -0.25) is 8.98 Å². The number of ketones is 1. The first kappa shape index (κ1) is 12.3. The number of hydrogen-bond acceptors (Lipinski definition) is 4. The molecule has 0 radical (unpaired) electrons. The molecule has 92 valence electrons. The van der Waals surface area contributed by atoms with Gasteiger partial charge in [-0.2, -0.15) is 8.42 Å². The Labute approximate surface area is 101 Å². The van der Waals surface area contributed by atoms with Gasteiger partial charge >= 0.3 is 0 Å². The largest absolute Gasteiger partial charge is 0.297 e. The van der Waals surface area contributed by atoms with E-state index in [1.807, 2.05) is 6.92 Å². The van der Waals surface area contributed by atoms with E-state index in [-0.39, 0.29) is 23.2 Å². The van der Waals surface area contributed by atoms with Crippen LogP contribution in [0.15, 0.2) is 29.2 Å². The third kappa shape index (κ3) is 3.14. The highest BCUT2D eigenvalue weighted by Gasteiger charge is 2.30. The Morgan fingerprint density at radius 3 is 2.41 bits per heavy atom. The van der Waals surface area contributed by atoms with Crippen LogP contribution in [0.4, 0.5) is 0 Å². The van der Waals surface area contributed by atoms with Crippen molar-refractivity contribution in [3.8, 4) is 0 Å². The van der Waals surface area contributed by atoms with Crippen LogP contribution in [-0.2, 0) is 19.1 Å². The predicted octanol–water partition coefficient (Wildman–Crippen LogP) is 1.68. The molecule has 5 heteroatoms. The minimum Gasteiger partial charge on any atom is -0.297 e. The molecule has 2 rings (SSSR count). The van der Waals surface area contributed by atoms with Gasteiger partial charge in [0.2, 0.25) is 0 Å². The molecular formula is C12H14O4S. The highest BCUT2D eigenvalue weighted by Crippen LogP contribution is 2.30. The number of carbonyl (C=O) groups excluding carboxylic acids is 1. The molecule has 0 amide bonds. The zero-order valence-corrected chi connectivity index (χ0v) is 10.4. The van der Waals surface area contributed by atoms with Crippen LogP contribution in [0.1, 0.15) is 18.4 Å². The minimum atomic E-state index is -3.80. The van der Waals surface area contributed by atoms with Crippen molar-refractivity contribution in [3.63, 3.8) is 0 Å². The second-order valence-corrected chi connectivity index (χ2v) is 5.89. The van der Waals surface area contributed by atoms with Gasteiger partial charge in [0.05, 0.1) is 4.90 Å². The van der Waals surface area contributed by atoms with E-state index < -0.39 is 10.1 Å². The first-order chi connectivity index (χ1) is 7.99. The van der Waals surface area contributed by atoms with Crippen molar-refractivity contribution in [2.75, 3.05) is 6.61 Å². The Morgan fingerprint density at radius 2 is 1.88 bits per heavy atom. The molecule has 0 saturated heterocycles. The van der Waals surface area contributed by atoms with E-state index in [0.29, 0.717) is 0 Å². The maximum absolute atomic E-state index is 11.7. The normalized spacial score (nSPS) is 15.8. The van der Waals surface area contributed by atoms with Crippen LogP contribution in [0.2, 0.25) is 0 Å². The molecule has 17 heavy (non-hydrogen) atoms. The fraction of sp³-hybridized carbons (Fsp3) is 0.417. The van der Waals surface area contributed by atoms with E-state index in [2.05, 4.69) is 0 Å². The quantitative estimate of drug-likeness (QED) is 0.750. The van der Waals surface area contributed by atoms with Gasteiger partial charge in [-0.25, -0.2) is 0 Å². The number of Topliss-reactive ketones (excluding diaryl/α,β-unsaturated/α-hetero) is 1. The number of carbonyl (C=O) groups is 1. The second kappa shape index (κ2) is 4.58. The highest BCUT2D eigenvalue weighted by molar-refractivity contribution is 7.86. The van der Waals surface area contributed by atoms with Crippen LogP contribution < -0.4 is 0 Å². The lowest BCUT2D eigenvalue weighted by molar-refractivity contribution is -0.122. The Kier molecular flexibility index (Phi) is 3.31. The van der Waals surface area contributed by atoms with Crippen molar-refractivity contribution in [2.24, 2.45) is 5.92 Å². The summed E-state index contributed by atoms with van der Waals surface area (Å²) in [7, 11) is -3.80. The standard InChI is InChI=1S/C12H14O4S/c1-9-2-6-11(7-3-9)17(14,15)16-8-12(13)10-4-5-10/h2-3,6-7,10H,4-5,8H2,1H3. The van der Waals surface area contributed by atoms with Crippen molar-refractivity contribution in [1.29, 1.82) is 0 Å². The van der Waals surface area contributed by atoms with Crippen molar-refractivity contribution >= 4 is 15.9 Å². The molecule has 1 aliphatic carbocycles. The third-order valence-electron chi connectivity index (χ3n) is 2.70. The number of rotatable bonds is 5. The molecule has 0 N–H and O–H groups in total. The van der Waals surface area contributed by atoms with Gasteiger partial charge < -0.3 is 0 Å². The lowest BCUT2D eigenvalue weighted by Gasteiger charge is -2.04. The summed E-state index contributed by atoms with van der Waals surface area (Å²) in [5, 5.41) is 0. The van der Waals surface area contributed by atoms with E-state index in [0.717, 1.165) is 18.4 Å². The van der Waals surface area contributed by atoms with Gasteiger partial charge in [0.25, 0.3) is 10.1 Å². The fourth-order valence-electron chi connectivity index (χ4n) is 1.43. The van der Waals surface area contributed by atoms with Gasteiger partial charge in [0.1, 0.15) is 6.61 Å². The van der Waals surface area contributed by atoms with Gasteiger partial charge in [-0.05, 0) is 31.9 Å². The van der Waals surface area contributed by atoms with Crippen LogP contribution in [0, 0.1) is 12.8 Å². The van der Waals surface area contributed by atoms with Crippen molar-refractivity contribution < 1.29 is 17.4 Å². The number of benzene rings is 1. The first-order valence-electron chi connectivity index (χ1n) is 5.48. The second-order valence-electron chi connectivity index (χ2n) is 4.27. The van der Waals surface area contributed by atoms with Gasteiger partial charge in [-0.1, -0.05) is 17.7 Å². The summed E-state index contributed by atoms with van der Waals surface area (Å²) in [5.74, 6) is -0.107. The summed E-state index contributed by atoms with van der Waals surface area (Å²) >= 11 is 0. The summed E-state index contributed by atoms with van der Waals surface area (Å²) in [5.41, 5.74) is 0.970. The Hall–Kier alpha value is -1.20. The van der Waals surface area contributed by atoms with Crippen LogP contribution in [0.25, 0.3) is 0 Å². The molecule has 0 aliphatic heterocycles. The van der Waals surface area contributed by atoms with E-state index >= 15 is 0 Å². The summed E-state index contributed by atoms with van der Waals surface area (Å²) in [4.78, 5) is 11.4. The fourth-order valence-corrected chi connectivity index (χ4v) is 2.31. The molecular weight excluding hydrogens is 240 g/mol. The molecule has 0 spiro atoms. The average molecular weight is 254 g/mol. The molecule has 4 nitrogen and oxygen atoms in total. The molecule has 0 bridgehead atoms. The monoisotopic (exact) mass is 254 g/mol. The molecule has 1 aromatic rings. The first-order valence-corrected chi connectivity index (χ1v) is 6.89. The zero-order valence-electron chi connectivity index (χ0n) is 9.55. The van der Waals surface area contributed by atoms with Gasteiger partial charge in [-0.15, -0.1) is 0 Å². The molecule has 1 aliphatic rings. The topological polar surface area (TPSA) is 60.4 Å². The Bertz CT molecular complexity index is 512. The van der Waals surface area contributed by atoms with E-state index in [9.17, 15) is 13.2 Å². The maximum Gasteiger partial charge on any atom is 0.297 e. The van der Waals surface area contributed by atoms with Crippen LogP contribution in [-0.4, -0.2) is 20.8 Å². The number of hydrogen-bond donors (Lipinski definition) is 0. The van der Waals surface area contributed by atoms with Gasteiger partial charge in [0, 0.05) is 5.92 Å². The lowest BCUT2D eigenvalue weighted by Crippen LogP contribution is -2.15. The number of aryl methyl sites for hydroxylation is 1. The molecule has 1 aromatic carbocycles. The third-order valence-corrected chi connectivity index (χ3v) is 3.98. The minimum absolute atomic E-state index is 0.0169. The predicted molar refractivity (Wildman–Crippen MR) is 62.0 cm³/mol. The molecule has 0 atom stereocenters. The van der Waals surface area contributed by atoms with Gasteiger partial charge in [0.15, 0.2) is 5.78 Å². The molecule has 1 fully saturated rings. The van der Waals surface area contributed by atoms with E-state index in [4.69, 9.17) is 4.18 Å². The molecule has 0 heterocycles. The SMILES string of the molecule is Cc1ccc(S(=O)(=O)OCC(=O)C2CC2)cc1. The van der Waals surface area contributed by atoms with Crippen molar-refractivity contribution in [3.05, 3.63) is 29.8 Å². The Balaban J connectivity index is 2.02. The smallest absolute Gasteiger partial charge is 0.297 e. The van der Waals surface area contributed by atoms with Crippen LogP contribution in [0.3, 0.4) is 0 Å². The lowest BCUT2D eigenvalue weighted by atomic mass is 10.2. The molecule has 0 aromatic heterocycles. The van der Waals surface area contributed by atoms with Crippen molar-refractivity contribution in [1.82, 2.24) is 0 Å². The van der Waals surface area contributed by atoms with Crippen molar-refractivity contribution in [2.45, 2.75) is 24.7 Å². The maximum atomic E-state index is 11.7. The van der Waals surface area contributed by atoms with Crippen LogP contribution in [0.5, 0.6) is 0 Å². The van der Waals surface area contributed by atoms with E-state index in [1.54, 1.807) is 12.1 Å². The summed E-state index contributed by atoms with van der Waals surface area (Å²) < 4.78 is 28.2.